The van der Waals surface area contributed by atoms with Gasteiger partial charge >= 0.3 is 12.3 Å². The number of amides is 1. The third-order valence-electron chi connectivity index (χ3n) is 13.5. The van der Waals surface area contributed by atoms with E-state index in [0.717, 1.165) is 47.4 Å². The Labute approximate surface area is 340 Å². The number of carbonyl (C=O) groups is 2. The largest absolute Gasteiger partial charge is 0.446 e. The van der Waals surface area contributed by atoms with Gasteiger partial charge in [-0.3, -0.25) is 4.79 Å². The number of fused-ring (bicyclic) bond motifs is 8. The van der Waals surface area contributed by atoms with E-state index in [0.29, 0.717) is 75.3 Å². The van der Waals surface area contributed by atoms with Gasteiger partial charge in [0.2, 0.25) is 0 Å². The fraction of sp³-hybridized carbons (Fsp3) is 0.574. The highest BCUT2D eigenvalue weighted by Crippen LogP contribution is 2.59. The van der Waals surface area contributed by atoms with Gasteiger partial charge in [-0.25, -0.2) is 4.79 Å². The first-order valence-corrected chi connectivity index (χ1v) is 21.7. The number of hydrogen-bond acceptors (Lipinski definition) is 6. The fourth-order valence-corrected chi connectivity index (χ4v) is 10.6. The molecule has 4 aliphatic carbocycles. The molecule has 7 atom stereocenters. The van der Waals surface area contributed by atoms with Gasteiger partial charge in [0.15, 0.2) is 5.78 Å². The molecule has 1 amide bonds. The molecule has 2 N–H and O–H groups in total. The van der Waals surface area contributed by atoms with E-state index in [1.165, 1.54) is 12.1 Å². The average Bonchev–Trinajstić information content (AvgIpc) is 3.77. The van der Waals surface area contributed by atoms with Crippen LogP contribution < -0.4 is 0 Å². The lowest BCUT2D eigenvalue weighted by atomic mass is 9.64. The maximum absolute atomic E-state index is 14.4. The average molecular weight is 808 g/mol. The number of aliphatic hydroxyl groups excluding tert-OH is 1. The Morgan fingerprint density at radius 2 is 1.82 bits per heavy atom. The minimum atomic E-state index is -4.62. The zero-order valence-electron chi connectivity index (χ0n) is 34.1. The van der Waals surface area contributed by atoms with Gasteiger partial charge in [0, 0.05) is 28.0 Å². The standard InChI is InChI=1S/C47H60F3NO5S/c1-30(2)38-17-14-32(4)25-42(38)56-44(54)51(23-20-37-12-8-24-57-37)29-46(55)22-19-41-39-18-15-33(26-36(52)16-13-31(3)9-7-21-45(41,46)5)27-40(39)43(53)34-10-6-11-35(28-34)47(48,49)50/h6,8-12,15,18,24,27-28,30,32,36,38,41-42,52,55H,7,13-14,16-17,19-23,25-26,29H2,1-5H3/t32-,36-,38+,41-,42-,45-,46+/m0/s1. The summed E-state index contributed by atoms with van der Waals surface area (Å²) in [6, 6.07) is 14.1. The van der Waals surface area contributed by atoms with Crippen molar-refractivity contribution in [3.63, 3.8) is 0 Å². The molecule has 57 heavy (non-hydrogen) atoms. The normalized spacial score (nSPS) is 28.4. The lowest BCUT2D eigenvalue weighted by Crippen LogP contribution is -2.54. The van der Waals surface area contributed by atoms with Crippen LogP contribution in [0, 0.1) is 23.2 Å². The maximum Gasteiger partial charge on any atom is 0.416 e. The second-order valence-corrected chi connectivity index (χ2v) is 18.9. The van der Waals surface area contributed by atoms with E-state index in [1.807, 2.05) is 29.6 Å². The van der Waals surface area contributed by atoms with Gasteiger partial charge in [-0.05, 0) is 136 Å². The minimum Gasteiger partial charge on any atom is -0.446 e. The zero-order valence-corrected chi connectivity index (χ0v) is 34.9. The Morgan fingerprint density at radius 1 is 1.04 bits per heavy atom. The van der Waals surface area contributed by atoms with Crippen LogP contribution >= 0.6 is 11.3 Å². The first-order valence-electron chi connectivity index (χ1n) is 20.9. The number of alkyl halides is 3. The smallest absolute Gasteiger partial charge is 0.416 e. The van der Waals surface area contributed by atoms with Crippen LogP contribution in [0.15, 0.2) is 71.6 Å². The van der Waals surface area contributed by atoms with Gasteiger partial charge in [0.05, 0.1) is 23.8 Å². The highest BCUT2D eigenvalue weighted by Gasteiger charge is 2.58. The second kappa shape index (κ2) is 17.8. The number of thiophene rings is 1. The van der Waals surface area contributed by atoms with Crippen molar-refractivity contribution in [1.29, 1.82) is 0 Å². The summed E-state index contributed by atoms with van der Waals surface area (Å²) in [7, 11) is 0. The molecule has 10 heteroatoms. The van der Waals surface area contributed by atoms with Crippen molar-refractivity contribution in [3.8, 4) is 0 Å². The lowest BCUT2D eigenvalue weighted by molar-refractivity contribution is -0.137. The number of carbonyl (C=O) groups excluding carboxylic acids is 2. The zero-order chi connectivity index (χ0) is 41.1. The van der Waals surface area contributed by atoms with Crippen molar-refractivity contribution in [3.05, 3.63) is 104 Å². The predicted molar refractivity (Wildman–Crippen MR) is 219 cm³/mol. The predicted octanol–water partition coefficient (Wildman–Crippen LogP) is 11.2. The number of ether oxygens (including phenoxy) is 1. The highest BCUT2D eigenvalue weighted by molar-refractivity contribution is 7.09. The number of ketones is 1. The van der Waals surface area contributed by atoms with E-state index in [-0.39, 0.29) is 35.6 Å². The quantitative estimate of drug-likeness (QED) is 0.166. The molecule has 2 bridgehead atoms. The molecule has 7 rings (SSSR count). The fourth-order valence-electron chi connectivity index (χ4n) is 9.89. The maximum atomic E-state index is 14.4. The van der Waals surface area contributed by atoms with Crippen LogP contribution in [-0.4, -0.2) is 57.9 Å². The van der Waals surface area contributed by atoms with Gasteiger partial charge < -0.3 is 19.8 Å². The molecule has 310 valence electrons. The number of halogens is 3. The van der Waals surface area contributed by atoms with Gasteiger partial charge in [-0.15, -0.1) is 11.3 Å². The van der Waals surface area contributed by atoms with Gasteiger partial charge in [-0.1, -0.05) is 76.1 Å². The molecule has 2 aromatic carbocycles. The van der Waals surface area contributed by atoms with Crippen LogP contribution in [0.1, 0.15) is 136 Å². The van der Waals surface area contributed by atoms with Crippen LogP contribution in [0.5, 0.6) is 0 Å². The molecule has 3 aromatic rings. The molecule has 2 saturated carbocycles. The Kier molecular flexibility index (Phi) is 13.5. The van der Waals surface area contributed by atoms with Crippen LogP contribution in [0.3, 0.4) is 0 Å². The van der Waals surface area contributed by atoms with E-state index in [1.54, 1.807) is 22.3 Å². The van der Waals surface area contributed by atoms with E-state index < -0.39 is 40.7 Å². The summed E-state index contributed by atoms with van der Waals surface area (Å²) in [5.74, 6) is 0.169. The van der Waals surface area contributed by atoms with E-state index in [2.05, 4.69) is 40.7 Å². The molecule has 6 nitrogen and oxygen atoms in total. The molecule has 4 aliphatic rings. The Morgan fingerprint density at radius 3 is 2.54 bits per heavy atom. The lowest BCUT2D eigenvalue weighted by Gasteiger charge is -2.46. The number of hydrogen-bond donors (Lipinski definition) is 2. The molecule has 2 fully saturated rings. The summed E-state index contributed by atoms with van der Waals surface area (Å²) in [5.41, 5.74) is -0.398. The summed E-state index contributed by atoms with van der Waals surface area (Å²) >= 11 is 1.63. The van der Waals surface area contributed by atoms with E-state index in [4.69, 9.17) is 4.74 Å². The van der Waals surface area contributed by atoms with Crippen molar-refractivity contribution >= 4 is 23.2 Å². The van der Waals surface area contributed by atoms with Crippen molar-refractivity contribution in [2.45, 2.75) is 135 Å². The van der Waals surface area contributed by atoms with Crippen molar-refractivity contribution in [2.24, 2.45) is 23.2 Å². The van der Waals surface area contributed by atoms with Crippen LogP contribution in [0.25, 0.3) is 0 Å². The van der Waals surface area contributed by atoms with Crippen LogP contribution in [-0.2, 0) is 23.8 Å². The molecule has 0 radical (unpaired) electrons. The number of benzene rings is 2. The minimum absolute atomic E-state index is 0.0444. The van der Waals surface area contributed by atoms with Crippen LogP contribution in [0.4, 0.5) is 18.0 Å². The summed E-state index contributed by atoms with van der Waals surface area (Å²) in [6.45, 7) is 11.1. The van der Waals surface area contributed by atoms with Gasteiger partial charge in [0.25, 0.3) is 0 Å². The number of allylic oxidation sites excluding steroid dienone is 2. The topological polar surface area (TPSA) is 87.1 Å². The number of rotatable bonds is 9. The van der Waals surface area contributed by atoms with E-state index in [9.17, 15) is 33.0 Å². The Bertz CT molecular complexity index is 1890. The van der Waals surface area contributed by atoms with Gasteiger partial charge in [0.1, 0.15) is 6.10 Å². The van der Waals surface area contributed by atoms with Crippen molar-refractivity contribution in [1.82, 2.24) is 4.90 Å². The molecule has 0 unspecified atom stereocenters. The third-order valence-corrected chi connectivity index (χ3v) is 14.4. The third kappa shape index (κ3) is 9.88. The highest BCUT2D eigenvalue weighted by atomic mass is 32.1. The molecule has 0 saturated heterocycles. The van der Waals surface area contributed by atoms with Crippen LogP contribution in [0.2, 0.25) is 0 Å². The van der Waals surface area contributed by atoms with Crippen molar-refractivity contribution in [2.75, 3.05) is 13.1 Å². The number of aliphatic hydroxyl groups is 2. The SMILES string of the molecule is CC1=CCC[C@@]2(C)[C@@H](CC[C@@]2(O)CN(CCc2cccs2)C(=O)O[C@H]2C[C@@H](C)CC[C@@H]2C(C)C)c2ccc(cc2C(=O)c2cccc(C(F)(F)F)c2)C[C@@H](O)CC1. The van der Waals surface area contributed by atoms with E-state index >= 15 is 0 Å². The Balaban J connectivity index is 1.40. The van der Waals surface area contributed by atoms with Crippen molar-refractivity contribution < 1.29 is 37.7 Å². The summed E-state index contributed by atoms with van der Waals surface area (Å²) in [4.78, 5) is 31.7. The summed E-state index contributed by atoms with van der Waals surface area (Å²) < 4.78 is 47.9. The molecule has 0 aliphatic heterocycles. The molecule has 0 spiro atoms. The Hall–Kier alpha value is -3.47. The molecule has 1 heterocycles. The van der Waals surface area contributed by atoms with Gasteiger partial charge in [-0.2, -0.15) is 13.2 Å². The second-order valence-electron chi connectivity index (χ2n) is 17.9. The summed E-state index contributed by atoms with van der Waals surface area (Å²) in [6.07, 6.45) is 3.29. The first kappa shape index (κ1) is 43.1. The molecular weight excluding hydrogens is 748 g/mol. The molecular formula is C47H60F3NO5S. The molecule has 1 aromatic heterocycles. The first-order chi connectivity index (χ1) is 27.0. The number of nitrogens with zero attached hydrogens (tertiary/aromatic N) is 1. The monoisotopic (exact) mass is 807 g/mol. The summed E-state index contributed by atoms with van der Waals surface area (Å²) in [5, 5.41) is 26.1.